The van der Waals surface area contributed by atoms with Gasteiger partial charge in [-0.1, -0.05) is 11.6 Å². The molecule has 0 aliphatic carbocycles. The Labute approximate surface area is 81.3 Å². The minimum Gasteiger partial charge on any atom is -0.374 e. The summed E-state index contributed by atoms with van der Waals surface area (Å²) < 4.78 is 0. The summed E-state index contributed by atoms with van der Waals surface area (Å²) in [5.74, 6) is 0.0507. The second-order valence-electron chi connectivity index (χ2n) is 2.97. The molecule has 0 fully saturated rings. The highest BCUT2D eigenvalue weighted by atomic mass is 35.5. The number of anilines is 2. The molecule has 0 radical (unpaired) electrons. The first-order chi connectivity index (χ1) is 6.18. The Morgan fingerprint density at radius 3 is 3.08 bits per heavy atom. The molecule has 1 aliphatic heterocycles. The fourth-order valence-corrected chi connectivity index (χ4v) is 1.52. The summed E-state index contributed by atoms with van der Waals surface area (Å²) >= 11 is 5.82. The molecular formula is C9H9ClN2O. The molecule has 1 aromatic carbocycles. The van der Waals surface area contributed by atoms with E-state index < -0.39 is 0 Å². The predicted molar refractivity (Wildman–Crippen MR) is 53.4 cm³/mol. The van der Waals surface area contributed by atoms with E-state index in [-0.39, 0.29) is 5.91 Å². The molecule has 0 spiro atoms. The van der Waals surface area contributed by atoms with Crippen LogP contribution in [0.2, 0.25) is 5.02 Å². The van der Waals surface area contributed by atoms with E-state index in [1.807, 2.05) is 6.07 Å². The van der Waals surface area contributed by atoms with Crippen LogP contribution in [0.3, 0.4) is 0 Å². The Kier molecular flexibility index (Phi) is 1.88. The van der Waals surface area contributed by atoms with E-state index in [1.165, 1.54) is 0 Å². The highest BCUT2D eigenvalue weighted by Crippen LogP contribution is 2.30. The SMILES string of the molecule is CN1C(=O)CNc2ccc(Cl)cc21. The number of amides is 1. The zero-order valence-electron chi connectivity index (χ0n) is 7.17. The molecule has 0 atom stereocenters. The van der Waals surface area contributed by atoms with E-state index in [9.17, 15) is 4.79 Å². The lowest BCUT2D eigenvalue weighted by molar-refractivity contribution is -0.116. The van der Waals surface area contributed by atoms with Crippen molar-refractivity contribution < 1.29 is 4.79 Å². The second kappa shape index (κ2) is 2.92. The highest BCUT2D eigenvalue weighted by Gasteiger charge is 2.19. The Balaban J connectivity index is 2.51. The summed E-state index contributed by atoms with van der Waals surface area (Å²) in [6.45, 7) is 0.352. The van der Waals surface area contributed by atoms with Gasteiger partial charge in [0.15, 0.2) is 0 Å². The van der Waals surface area contributed by atoms with Gasteiger partial charge in [-0.25, -0.2) is 0 Å². The van der Waals surface area contributed by atoms with Gasteiger partial charge in [0, 0.05) is 12.1 Å². The fourth-order valence-electron chi connectivity index (χ4n) is 1.36. The van der Waals surface area contributed by atoms with Crippen molar-refractivity contribution in [3.63, 3.8) is 0 Å². The zero-order valence-corrected chi connectivity index (χ0v) is 7.93. The molecule has 1 aromatic rings. The number of likely N-dealkylation sites (N-methyl/N-ethyl adjacent to an activating group) is 1. The van der Waals surface area contributed by atoms with Crippen molar-refractivity contribution in [2.24, 2.45) is 0 Å². The monoisotopic (exact) mass is 196 g/mol. The van der Waals surface area contributed by atoms with E-state index in [0.717, 1.165) is 11.4 Å². The first kappa shape index (κ1) is 8.38. The molecular weight excluding hydrogens is 188 g/mol. The van der Waals surface area contributed by atoms with Crippen molar-refractivity contribution in [1.82, 2.24) is 0 Å². The molecule has 0 aromatic heterocycles. The molecule has 1 N–H and O–H groups in total. The Morgan fingerprint density at radius 1 is 1.54 bits per heavy atom. The van der Waals surface area contributed by atoms with Gasteiger partial charge in [-0.15, -0.1) is 0 Å². The van der Waals surface area contributed by atoms with Gasteiger partial charge in [-0.3, -0.25) is 4.79 Å². The Hall–Kier alpha value is -1.22. The smallest absolute Gasteiger partial charge is 0.246 e. The minimum absolute atomic E-state index is 0.0507. The van der Waals surface area contributed by atoms with Crippen LogP contribution in [0.15, 0.2) is 18.2 Å². The maximum Gasteiger partial charge on any atom is 0.246 e. The highest BCUT2D eigenvalue weighted by molar-refractivity contribution is 6.31. The number of benzene rings is 1. The molecule has 0 saturated carbocycles. The molecule has 2 rings (SSSR count). The normalized spacial score (nSPS) is 15.2. The average Bonchev–Trinajstić information content (AvgIpc) is 2.12. The molecule has 4 heteroatoms. The maximum absolute atomic E-state index is 11.3. The Bertz CT molecular complexity index is 365. The number of nitrogens with one attached hydrogen (secondary N) is 1. The van der Waals surface area contributed by atoms with Crippen molar-refractivity contribution in [3.05, 3.63) is 23.2 Å². The zero-order chi connectivity index (χ0) is 9.42. The van der Waals surface area contributed by atoms with Crippen LogP contribution in [0, 0.1) is 0 Å². The van der Waals surface area contributed by atoms with Crippen LogP contribution in [0.25, 0.3) is 0 Å². The topological polar surface area (TPSA) is 32.3 Å². The largest absolute Gasteiger partial charge is 0.374 e. The molecule has 1 heterocycles. The third-order valence-electron chi connectivity index (χ3n) is 2.13. The van der Waals surface area contributed by atoms with Crippen LogP contribution in [0.4, 0.5) is 11.4 Å². The van der Waals surface area contributed by atoms with Crippen molar-refractivity contribution in [2.45, 2.75) is 0 Å². The van der Waals surface area contributed by atoms with Gasteiger partial charge in [0.25, 0.3) is 0 Å². The van der Waals surface area contributed by atoms with E-state index in [1.54, 1.807) is 24.1 Å². The van der Waals surface area contributed by atoms with E-state index in [2.05, 4.69) is 5.32 Å². The van der Waals surface area contributed by atoms with E-state index in [4.69, 9.17) is 11.6 Å². The average molecular weight is 197 g/mol. The van der Waals surface area contributed by atoms with Crippen molar-refractivity contribution in [2.75, 3.05) is 23.8 Å². The van der Waals surface area contributed by atoms with Gasteiger partial charge >= 0.3 is 0 Å². The third-order valence-corrected chi connectivity index (χ3v) is 2.36. The number of nitrogens with zero attached hydrogens (tertiary/aromatic N) is 1. The number of rotatable bonds is 0. The quantitative estimate of drug-likeness (QED) is 0.686. The third kappa shape index (κ3) is 1.35. The number of hydrogen-bond donors (Lipinski definition) is 1. The standard InChI is InChI=1S/C9H9ClN2O/c1-12-8-4-6(10)2-3-7(8)11-5-9(12)13/h2-4,11H,5H2,1H3. The van der Waals surface area contributed by atoms with Crippen molar-refractivity contribution in [1.29, 1.82) is 0 Å². The van der Waals surface area contributed by atoms with Crippen LogP contribution in [-0.2, 0) is 4.79 Å². The number of hydrogen-bond acceptors (Lipinski definition) is 2. The molecule has 13 heavy (non-hydrogen) atoms. The number of halogens is 1. The second-order valence-corrected chi connectivity index (χ2v) is 3.40. The molecule has 0 unspecified atom stereocenters. The van der Waals surface area contributed by atoms with Gasteiger partial charge in [0.1, 0.15) is 0 Å². The summed E-state index contributed by atoms with van der Waals surface area (Å²) in [5, 5.41) is 3.66. The lowest BCUT2D eigenvalue weighted by Crippen LogP contribution is -2.36. The molecule has 1 aliphatic rings. The van der Waals surface area contributed by atoms with Crippen LogP contribution in [0.1, 0.15) is 0 Å². The van der Waals surface area contributed by atoms with Gasteiger partial charge < -0.3 is 10.2 Å². The van der Waals surface area contributed by atoms with Gasteiger partial charge in [-0.05, 0) is 18.2 Å². The number of carbonyl (C=O) groups is 1. The van der Waals surface area contributed by atoms with Crippen molar-refractivity contribution in [3.8, 4) is 0 Å². The van der Waals surface area contributed by atoms with Gasteiger partial charge in [0.2, 0.25) is 5.91 Å². The fraction of sp³-hybridized carbons (Fsp3) is 0.222. The van der Waals surface area contributed by atoms with Gasteiger partial charge in [0.05, 0.1) is 17.9 Å². The molecule has 1 amide bonds. The minimum atomic E-state index is 0.0507. The van der Waals surface area contributed by atoms with Crippen molar-refractivity contribution >= 4 is 28.9 Å². The van der Waals surface area contributed by atoms with E-state index in [0.29, 0.717) is 11.6 Å². The summed E-state index contributed by atoms with van der Waals surface area (Å²) in [5.41, 5.74) is 1.79. The first-order valence-corrected chi connectivity index (χ1v) is 4.36. The molecule has 0 bridgehead atoms. The van der Waals surface area contributed by atoms with Crippen LogP contribution in [-0.4, -0.2) is 19.5 Å². The Morgan fingerprint density at radius 2 is 2.31 bits per heavy atom. The maximum atomic E-state index is 11.3. The van der Waals surface area contributed by atoms with E-state index >= 15 is 0 Å². The first-order valence-electron chi connectivity index (χ1n) is 3.98. The molecule has 68 valence electrons. The van der Waals surface area contributed by atoms with Gasteiger partial charge in [-0.2, -0.15) is 0 Å². The predicted octanol–water partition coefficient (Wildman–Crippen LogP) is 1.73. The molecule has 0 saturated heterocycles. The van der Waals surface area contributed by atoms with Crippen LogP contribution < -0.4 is 10.2 Å². The summed E-state index contributed by atoms with van der Waals surface area (Å²) in [6, 6.07) is 5.46. The molecule has 3 nitrogen and oxygen atoms in total. The van der Waals surface area contributed by atoms with Crippen LogP contribution in [0.5, 0.6) is 0 Å². The lowest BCUT2D eigenvalue weighted by atomic mass is 10.2. The summed E-state index contributed by atoms with van der Waals surface area (Å²) in [7, 11) is 1.75. The number of carbonyl (C=O) groups excluding carboxylic acids is 1. The van der Waals surface area contributed by atoms with Crippen LogP contribution >= 0.6 is 11.6 Å². The number of fused-ring (bicyclic) bond motifs is 1. The summed E-state index contributed by atoms with van der Waals surface area (Å²) in [4.78, 5) is 12.9. The lowest BCUT2D eigenvalue weighted by Gasteiger charge is -2.26. The summed E-state index contributed by atoms with van der Waals surface area (Å²) in [6.07, 6.45) is 0.